The smallest absolute Gasteiger partial charge is 0.147 e. The highest BCUT2D eigenvalue weighted by Crippen LogP contribution is 2.18. The molecule has 0 aliphatic rings. The monoisotopic (exact) mass is 218 g/mol. The Kier molecular flexibility index (Phi) is 2.97. The summed E-state index contributed by atoms with van der Waals surface area (Å²) in [6, 6.07) is 8.28. The van der Waals surface area contributed by atoms with Gasteiger partial charge in [0.25, 0.3) is 0 Å². The molecular weight excluding hydrogens is 208 g/mol. The molecule has 1 heterocycles. The third-order valence-electron chi connectivity index (χ3n) is 2.25. The minimum absolute atomic E-state index is 0.422. The number of benzene rings is 1. The number of aryl methyl sites for hydroxylation is 1. The molecule has 2 aromatic rings. The Bertz CT molecular complexity index is 451. The lowest BCUT2D eigenvalue weighted by Gasteiger charge is -2.02. The molecule has 1 aromatic carbocycles. The Morgan fingerprint density at radius 1 is 1.20 bits per heavy atom. The summed E-state index contributed by atoms with van der Waals surface area (Å²) < 4.78 is 0. The van der Waals surface area contributed by atoms with Crippen molar-refractivity contribution in [2.45, 2.75) is 13.3 Å². The Labute approximate surface area is 94.0 Å². The summed E-state index contributed by atoms with van der Waals surface area (Å²) in [4.78, 5) is 8.24. The summed E-state index contributed by atoms with van der Waals surface area (Å²) in [6.45, 7) is 2.13. The van der Waals surface area contributed by atoms with E-state index >= 15 is 0 Å². The maximum absolute atomic E-state index is 5.68. The molecule has 0 unspecified atom stereocenters. The molecule has 0 N–H and O–H groups in total. The van der Waals surface area contributed by atoms with Gasteiger partial charge in [0.05, 0.1) is 18.1 Å². The Morgan fingerprint density at radius 2 is 2.07 bits per heavy atom. The van der Waals surface area contributed by atoms with Gasteiger partial charge in [-0.05, 0) is 18.1 Å². The molecule has 0 spiro atoms. The predicted molar refractivity (Wildman–Crippen MR) is 61.9 cm³/mol. The zero-order valence-corrected chi connectivity index (χ0v) is 9.20. The summed E-state index contributed by atoms with van der Waals surface area (Å²) in [6.07, 6.45) is 4.28. The van der Waals surface area contributed by atoms with E-state index in [1.807, 2.05) is 12.1 Å². The molecule has 15 heavy (non-hydrogen) atoms. The molecule has 0 saturated heterocycles. The minimum atomic E-state index is 0.422. The number of aromatic nitrogens is 2. The molecule has 76 valence electrons. The molecule has 0 saturated carbocycles. The lowest BCUT2D eigenvalue weighted by molar-refractivity contribution is 1.14. The first-order valence-corrected chi connectivity index (χ1v) is 5.24. The molecule has 0 radical (unpaired) electrons. The van der Waals surface area contributed by atoms with Crippen LogP contribution in [0, 0.1) is 0 Å². The molecule has 2 rings (SSSR count). The summed E-state index contributed by atoms with van der Waals surface area (Å²) in [7, 11) is 0. The van der Waals surface area contributed by atoms with Gasteiger partial charge in [-0.25, -0.2) is 4.98 Å². The van der Waals surface area contributed by atoms with E-state index in [2.05, 4.69) is 29.0 Å². The third-order valence-corrected chi connectivity index (χ3v) is 2.45. The molecule has 0 aliphatic carbocycles. The number of halogens is 1. The summed E-state index contributed by atoms with van der Waals surface area (Å²) >= 11 is 5.68. The molecule has 2 nitrogen and oxygen atoms in total. The van der Waals surface area contributed by atoms with Crippen molar-refractivity contribution in [1.82, 2.24) is 9.97 Å². The number of nitrogens with zero attached hydrogens (tertiary/aromatic N) is 2. The van der Waals surface area contributed by atoms with Gasteiger partial charge in [-0.1, -0.05) is 36.7 Å². The van der Waals surface area contributed by atoms with Gasteiger partial charge in [0.2, 0.25) is 0 Å². The number of hydrogen-bond acceptors (Lipinski definition) is 2. The van der Waals surface area contributed by atoms with Crippen molar-refractivity contribution >= 4 is 11.6 Å². The normalized spacial score (nSPS) is 10.3. The van der Waals surface area contributed by atoms with Crippen LogP contribution in [0.4, 0.5) is 0 Å². The molecule has 0 fully saturated rings. The highest BCUT2D eigenvalue weighted by Gasteiger charge is 2.00. The van der Waals surface area contributed by atoms with Crippen LogP contribution in [0.5, 0.6) is 0 Å². The summed E-state index contributed by atoms with van der Waals surface area (Å²) in [5, 5.41) is 0.422. The van der Waals surface area contributed by atoms with Gasteiger partial charge < -0.3 is 0 Å². The molecule has 0 bridgehead atoms. The highest BCUT2D eigenvalue weighted by atomic mass is 35.5. The zero-order valence-electron chi connectivity index (χ0n) is 8.44. The van der Waals surface area contributed by atoms with Gasteiger partial charge in [0.15, 0.2) is 0 Å². The average Bonchev–Trinajstić information content (AvgIpc) is 2.30. The van der Waals surface area contributed by atoms with E-state index in [0.717, 1.165) is 17.7 Å². The van der Waals surface area contributed by atoms with E-state index in [0.29, 0.717) is 5.15 Å². The van der Waals surface area contributed by atoms with Crippen LogP contribution in [-0.2, 0) is 6.42 Å². The van der Waals surface area contributed by atoms with Crippen LogP contribution in [0.15, 0.2) is 36.7 Å². The highest BCUT2D eigenvalue weighted by molar-refractivity contribution is 6.29. The van der Waals surface area contributed by atoms with Gasteiger partial charge in [-0.2, -0.15) is 0 Å². The predicted octanol–water partition coefficient (Wildman–Crippen LogP) is 3.36. The van der Waals surface area contributed by atoms with Crippen LogP contribution in [0.3, 0.4) is 0 Å². The van der Waals surface area contributed by atoms with E-state index in [9.17, 15) is 0 Å². The maximum Gasteiger partial charge on any atom is 0.147 e. The number of hydrogen-bond donors (Lipinski definition) is 0. The van der Waals surface area contributed by atoms with Gasteiger partial charge in [0.1, 0.15) is 5.15 Å². The Morgan fingerprint density at radius 3 is 2.73 bits per heavy atom. The largest absolute Gasteiger partial charge is 0.251 e. The Balaban J connectivity index is 2.40. The minimum Gasteiger partial charge on any atom is -0.251 e. The van der Waals surface area contributed by atoms with E-state index in [1.54, 1.807) is 12.4 Å². The van der Waals surface area contributed by atoms with Crippen molar-refractivity contribution < 1.29 is 0 Å². The van der Waals surface area contributed by atoms with Crippen LogP contribution in [0.25, 0.3) is 11.3 Å². The van der Waals surface area contributed by atoms with E-state index in [-0.39, 0.29) is 0 Å². The van der Waals surface area contributed by atoms with Crippen molar-refractivity contribution in [2.24, 2.45) is 0 Å². The topological polar surface area (TPSA) is 25.8 Å². The summed E-state index contributed by atoms with van der Waals surface area (Å²) in [5.74, 6) is 0. The molecule has 1 aromatic heterocycles. The number of rotatable bonds is 2. The quantitative estimate of drug-likeness (QED) is 0.773. The van der Waals surface area contributed by atoms with Gasteiger partial charge in [-0.3, -0.25) is 4.98 Å². The molecular formula is C12H11ClN2. The fraction of sp³-hybridized carbons (Fsp3) is 0.167. The first-order valence-electron chi connectivity index (χ1n) is 4.86. The zero-order chi connectivity index (χ0) is 10.7. The first kappa shape index (κ1) is 10.1. The third kappa shape index (κ3) is 2.34. The second-order valence-corrected chi connectivity index (χ2v) is 3.67. The van der Waals surface area contributed by atoms with Gasteiger partial charge in [0, 0.05) is 5.56 Å². The van der Waals surface area contributed by atoms with E-state index in [4.69, 9.17) is 11.6 Å². The first-order chi connectivity index (χ1) is 7.29. The Hall–Kier alpha value is -1.41. The van der Waals surface area contributed by atoms with Gasteiger partial charge >= 0.3 is 0 Å². The van der Waals surface area contributed by atoms with Crippen molar-refractivity contribution in [2.75, 3.05) is 0 Å². The fourth-order valence-corrected chi connectivity index (χ4v) is 1.51. The molecule has 0 amide bonds. The van der Waals surface area contributed by atoms with Crippen LogP contribution in [-0.4, -0.2) is 9.97 Å². The van der Waals surface area contributed by atoms with E-state index in [1.165, 1.54) is 5.56 Å². The maximum atomic E-state index is 5.68. The molecule has 0 aliphatic heterocycles. The van der Waals surface area contributed by atoms with Crippen molar-refractivity contribution in [3.63, 3.8) is 0 Å². The molecule has 3 heteroatoms. The van der Waals surface area contributed by atoms with Crippen LogP contribution in [0.2, 0.25) is 5.15 Å². The fourth-order valence-electron chi connectivity index (χ4n) is 1.41. The SMILES string of the molecule is CCc1cccc(-c2cnc(Cl)cn2)c1. The van der Waals surface area contributed by atoms with Crippen molar-refractivity contribution in [3.8, 4) is 11.3 Å². The van der Waals surface area contributed by atoms with Crippen molar-refractivity contribution in [3.05, 3.63) is 47.4 Å². The van der Waals surface area contributed by atoms with Crippen LogP contribution in [0.1, 0.15) is 12.5 Å². The lowest BCUT2D eigenvalue weighted by atomic mass is 10.1. The average molecular weight is 219 g/mol. The van der Waals surface area contributed by atoms with Crippen molar-refractivity contribution in [1.29, 1.82) is 0 Å². The lowest BCUT2D eigenvalue weighted by Crippen LogP contribution is -1.87. The standard InChI is InChI=1S/C12H11ClN2/c1-2-9-4-3-5-10(6-9)11-7-15-12(13)8-14-11/h3-8H,2H2,1H3. The van der Waals surface area contributed by atoms with Crippen LogP contribution < -0.4 is 0 Å². The second-order valence-electron chi connectivity index (χ2n) is 3.28. The second kappa shape index (κ2) is 4.41. The van der Waals surface area contributed by atoms with E-state index < -0.39 is 0 Å². The molecule has 0 atom stereocenters. The summed E-state index contributed by atoms with van der Waals surface area (Å²) in [5.41, 5.74) is 3.23. The van der Waals surface area contributed by atoms with Gasteiger partial charge in [-0.15, -0.1) is 0 Å². The van der Waals surface area contributed by atoms with Crippen LogP contribution >= 0.6 is 11.6 Å².